The highest BCUT2D eigenvalue weighted by Gasteiger charge is 2.27. The van der Waals surface area contributed by atoms with Crippen LogP contribution in [0.1, 0.15) is 34.5 Å². The number of nitrogens with zero attached hydrogens (tertiary/aromatic N) is 5. The third-order valence-corrected chi connectivity index (χ3v) is 5.93. The number of pyridine rings is 1. The Balaban J connectivity index is 0.000000453. The minimum Gasteiger partial charge on any atom is -0.381 e. The van der Waals surface area contributed by atoms with Crippen LogP contribution in [0.15, 0.2) is 55.1 Å². The zero-order valence-electron chi connectivity index (χ0n) is 20.0. The van der Waals surface area contributed by atoms with Crippen molar-refractivity contribution < 1.29 is 9.53 Å². The molecule has 2 N–H and O–H groups in total. The van der Waals surface area contributed by atoms with E-state index in [1.54, 1.807) is 12.4 Å². The fourth-order valence-electron chi connectivity index (χ4n) is 4.34. The van der Waals surface area contributed by atoms with Gasteiger partial charge in [-0.15, -0.1) is 0 Å². The highest BCUT2D eigenvalue weighted by atomic mass is 16.5. The molecule has 6 rings (SSSR count). The summed E-state index contributed by atoms with van der Waals surface area (Å²) < 4.78 is 6.92. The van der Waals surface area contributed by atoms with Crippen LogP contribution in [0.2, 0.25) is 0 Å². The molecule has 1 saturated heterocycles. The average Bonchev–Trinajstić information content (AvgIpc) is 3.62. The molecule has 1 fully saturated rings. The summed E-state index contributed by atoms with van der Waals surface area (Å²) in [6.45, 7) is 3.22. The maximum Gasteiger partial charge on any atom is 0.254 e. The molecule has 3 aromatic heterocycles. The molecule has 0 saturated carbocycles. The maximum atomic E-state index is 12.7. The summed E-state index contributed by atoms with van der Waals surface area (Å²) in [5.74, 6) is 0.624. The molecule has 9 nitrogen and oxygen atoms in total. The van der Waals surface area contributed by atoms with Crippen molar-refractivity contribution in [1.29, 1.82) is 0 Å². The zero-order chi connectivity index (χ0) is 24.2. The Kier molecular flexibility index (Phi) is 6.69. The van der Waals surface area contributed by atoms with E-state index < -0.39 is 0 Å². The van der Waals surface area contributed by atoms with Gasteiger partial charge < -0.3 is 20.3 Å². The van der Waals surface area contributed by atoms with E-state index in [1.165, 1.54) is 12.8 Å². The Hall–Kier alpha value is -3.82. The molecule has 0 aliphatic carbocycles. The number of aromatic nitrogens is 4. The molecule has 2 aliphatic heterocycles. The standard InChI is InChI=1S/C22H21N7O.C4H8O/c1-28(2)13-14-4-3-5-19(26-14)27-17-7-6-15(16-10-25-22(30)21(16)17)18-11-24-20-12-23-8-9-29(18)20;1-2-4-5-3-1/h3-9,11-12H,10,13H2,1-2H3,(H,25,30)(H,26,27);1-4H2. The second-order valence-corrected chi connectivity index (χ2v) is 8.84. The van der Waals surface area contributed by atoms with Gasteiger partial charge in [0.1, 0.15) is 5.82 Å². The van der Waals surface area contributed by atoms with Crippen LogP contribution in [0.4, 0.5) is 11.5 Å². The Bertz CT molecular complexity index is 1340. The molecule has 1 amide bonds. The van der Waals surface area contributed by atoms with Crippen LogP contribution < -0.4 is 10.6 Å². The molecule has 35 heavy (non-hydrogen) atoms. The molecule has 0 unspecified atom stereocenters. The lowest BCUT2D eigenvalue weighted by atomic mass is 9.99. The van der Waals surface area contributed by atoms with Gasteiger partial charge in [-0.3, -0.25) is 14.2 Å². The normalized spacial score (nSPS) is 14.5. The van der Waals surface area contributed by atoms with Gasteiger partial charge in [0.15, 0.2) is 5.65 Å². The second kappa shape index (κ2) is 10.2. The quantitative estimate of drug-likeness (QED) is 0.459. The van der Waals surface area contributed by atoms with Gasteiger partial charge in [0.05, 0.1) is 35.0 Å². The molecule has 0 radical (unpaired) electrons. The predicted octanol–water partition coefficient (Wildman–Crippen LogP) is 3.64. The van der Waals surface area contributed by atoms with Gasteiger partial charge in [0.2, 0.25) is 0 Å². The molecular weight excluding hydrogens is 442 g/mol. The van der Waals surface area contributed by atoms with Gasteiger partial charge >= 0.3 is 0 Å². The summed E-state index contributed by atoms with van der Waals surface area (Å²) in [5, 5.41) is 6.29. The average molecular weight is 472 g/mol. The highest BCUT2D eigenvalue weighted by Crippen LogP contribution is 2.35. The third-order valence-electron chi connectivity index (χ3n) is 5.93. The lowest BCUT2D eigenvalue weighted by Gasteiger charge is -2.14. The molecular formula is C26H29N7O2. The minimum absolute atomic E-state index is 0.0886. The maximum absolute atomic E-state index is 12.7. The number of fused-ring (bicyclic) bond motifs is 2. The summed E-state index contributed by atoms with van der Waals surface area (Å²) in [7, 11) is 4.02. The van der Waals surface area contributed by atoms with Crippen molar-refractivity contribution in [2.24, 2.45) is 0 Å². The fraction of sp³-hybridized carbons (Fsp3) is 0.308. The topological polar surface area (TPSA) is 96.7 Å². The minimum atomic E-state index is -0.0886. The molecule has 0 spiro atoms. The number of hydrogen-bond donors (Lipinski definition) is 2. The number of imidazole rings is 1. The Morgan fingerprint density at radius 3 is 2.77 bits per heavy atom. The Labute approximate surface area is 204 Å². The van der Waals surface area contributed by atoms with E-state index in [-0.39, 0.29) is 5.91 Å². The second-order valence-electron chi connectivity index (χ2n) is 8.84. The van der Waals surface area contributed by atoms with Crippen molar-refractivity contribution in [1.82, 2.24) is 29.6 Å². The predicted molar refractivity (Wildman–Crippen MR) is 135 cm³/mol. The molecule has 0 atom stereocenters. The van der Waals surface area contributed by atoms with Crippen LogP contribution in [0.5, 0.6) is 0 Å². The number of nitrogens with one attached hydrogen (secondary N) is 2. The van der Waals surface area contributed by atoms with E-state index in [1.807, 2.05) is 61.2 Å². The van der Waals surface area contributed by atoms with Gasteiger partial charge in [0, 0.05) is 44.3 Å². The van der Waals surface area contributed by atoms with Crippen molar-refractivity contribution in [2.45, 2.75) is 25.9 Å². The summed E-state index contributed by atoms with van der Waals surface area (Å²) in [6.07, 6.45) is 9.69. The first kappa shape index (κ1) is 22.9. The number of amides is 1. The molecule has 180 valence electrons. The first-order valence-corrected chi connectivity index (χ1v) is 11.8. The number of carbonyl (C=O) groups is 1. The number of carbonyl (C=O) groups excluding carboxylic acids is 1. The van der Waals surface area contributed by atoms with Crippen molar-refractivity contribution >= 4 is 23.1 Å². The number of hydrogen-bond acceptors (Lipinski definition) is 7. The summed E-state index contributed by atoms with van der Waals surface area (Å²) in [4.78, 5) is 27.9. The summed E-state index contributed by atoms with van der Waals surface area (Å²) in [5.41, 5.74) is 5.97. The largest absolute Gasteiger partial charge is 0.381 e. The number of ether oxygens (including phenoxy) is 1. The van der Waals surface area contributed by atoms with Gasteiger partial charge in [-0.2, -0.15) is 0 Å². The molecule has 4 aromatic rings. The number of benzene rings is 1. The Morgan fingerprint density at radius 1 is 1.14 bits per heavy atom. The number of anilines is 2. The van der Waals surface area contributed by atoms with E-state index in [0.29, 0.717) is 17.9 Å². The first-order chi connectivity index (χ1) is 17.1. The number of rotatable bonds is 5. The zero-order valence-corrected chi connectivity index (χ0v) is 20.0. The molecule has 5 heterocycles. The van der Waals surface area contributed by atoms with Crippen molar-refractivity contribution in [3.8, 4) is 11.3 Å². The summed E-state index contributed by atoms with van der Waals surface area (Å²) >= 11 is 0. The highest BCUT2D eigenvalue weighted by molar-refractivity contribution is 6.06. The van der Waals surface area contributed by atoms with E-state index >= 15 is 0 Å². The molecule has 2 aliphatic rings. The van der Waals surface area contributed by atoms with Crippen LogP contribution in [-0.4, -0.2) is 57.5 Å². The van der Waals surface area contributed by atoms with Crippen molar-refractivity contribution in [3.05, 3.63) is 71.9 Å². The summed E-state index contributed by atoms with van der Waals surface area (Å²) in [6, 6.07) is 9.82. The smallest absolute Gasteiger partial charge is 0.254 e. The van der Waals surface area contributed by atoms with E-state index in [0.717, 1.165) is 53.6 Å². The monoisotopic (exact) mass is 471 g/mol. The van der Waals surface area contributed by atoms with E-state index in [2.05, 4.69) is 30.5 Å². The third kappa shape index (κ3) is 5.01. The van der Waals surface area contributed by atoms with E-state index in [4.69, 9.17) is 4.74 Å². The Morgan fingerprint density at radius 2 is 2.00 bits per heavy atom. The molecule has 9 heteroatoms. The van der Waals surface area contributed by atoms with Crippen LogP contribution in [0, 0.1) is 0 Å². The van der Waals surface area contributed by atoms with Gasteiger partial charge in [0.25, 0.3) is 5.91 Å². The lowest BCUT2D eigenvalue weighted by molar-refractivity contribution is 0.0966. The van der Waals surface area contributed by atoms with Gasteiger partial charge in [-0.1, -0.05) is 12.1 Å². The van der Waals surface area contributed by atoms with Crippen LogP contribution in [0.3, 0.4) is 0 Å². The van der Waals surface area contributed by atoms with Crippen LogP contribution in [-0.2, 0) is 17.8 Å². The van der Waals surface area contributed by atoms with Gasteiger partial charge in [-0.05, 0) is 50.7 Å². The molecule has 1 aromatic carbocycles. The fourth-order valence-corrected chi connectivity index (χ4v) is 4.34. The SMILES string of the molecule is C1CCOC1.CN(C)Cc1cccc(Nc2ccc(-c3cnc4cnccn34)c3c2C(=O)NC3)n1. The van der Waals surface area contributed by atoms with Gasteiger partial charge in [-0.25, -0.2) is 9.97 Å². The first-order valence-electron chi connectivity index (χ1n) is 11.8. The van der Waals surface area contributed by atoms with Crippen molar-refractivity contribution in [2.75, 3.05) is 32.6 Å². The lowest BCUT2D eigenvalue weighted by Crippen LogP contribution is -2.14. The van der Waals surface area contributed by atoms with Crippen molar-refractivity contribution in [3.63, 3.8) is 0 Å². The van der Waals surface area contributed by atoms with Crippen LogP contribution >= 0.6 is 0 Å². The van der Waals surface area contributed by atoms with Crippen LogP contribution in [0.25, 0.3) is 16.9 Å². The molecule has 0 bridgehead atoms. The van der Waals surface area contributed by atoms with E-state index in [9.17, 15) is 4.79 Å².